The summed E-state index contributed by atoms with van der Waals surface area (Å²) in [7, 11) is 0. The largest absolute Gasteiger partial charge is 0.397 e. The van der Waals surface area contributed by atoms with E-state index in [0.717, 1.165) is 6.42 Å². The average molecular weight is 331 g/mol. The van der Waals surface area contributed by atoms with Crippen LogP contribution in [0.1, 0.15) is 48.0 Å². The molecular formula is C22H34O2. The standard InChI is InChI=1S/C12H10.C6H12O.C2H6O.C2H6/c1-3-7-11(8-4-1)12-9-5-2-6-10-12;1-4-5(2)6(3)7;1-2-3;1-2/h1-10H;5H,4H2,1-3H3;3H,2H2,1H3;1-2H3. The number of aliphatic hydroxyl groups is 1. The van der Waals surface area contributed by atoms with Crippen molar-refractivity contribution in [2.45, 2.75) is 48.0 Å². The lowest BCUT2D eigenvalue weighted by molar-refractivity contribution is -0.120. The van der Waals surface area contributed by atoms with E-state index in [4.69, 9.17) is 5.11 Å². The summed E-state index contributed by atoms with van der Waals surface area (Å²) in [5.74, 6) is 0.558. The van der Waals surface area contributed by atoms with Crippen molar-refractivity contribution >= 4 is 5.78 Å². The van der Waals surface area contributed by atoms with Gasteiger partial charge in [-0.3, -0.25) is 4.79 Å². The van der Waals surface area contributed by atoms with Gasteiger partial charge in [-0.1, -0.05) is 88.4 Å². The Hall–Kier alpha value is -1.93. The molecule has 1 N–H and O–H groups in total. The van der Waals surface area contributed by atoms with Crippen molar-refractivity contribution in [3.05, 3.63) is 60.7 Å². The molecule has 2 rings (SSSR count). The molecule has 134 valence electrons. The molecular weight excluding hydrogens is 296 g/mol. The monoisotopic (exact) mass is 330 g/mol. The summed E-state index contributed by atoms with van der Waals surface area (Å²) in [5, 5.41) is 7.57. The number of carbonyl (C=O) groups is 1. The van der Waals surface area contributed by atoms with Gasteiger partial charge in [-0.15, -0.1) is 0 Å². The molecule has 0 heterocycles. The van der Waals surface area contributed by atoms with Crippen LogP contribution in [0.15, 0.2) is 60.7 Å². The van der Waals surface area contributed by atoms with E-state index in [0.29, 0.717) is 5.78 Å². The van der Waals surface area contributed by atoms with Crippen LogP contribution in [-0.2, 0) is 4.79 Å². The predicted octanol–water partition coefficient (Wildman–Crippen LogP) is 6.00. The predicted molar refractivity (Wildman–Crippen MR) is 106 cm³/mol. The maximum atomic E-state index is 10.4. The topological polar surface area (TPSA) is 37.3 Å². The Morgan fingerprint density at radius 2 is 1.17 bits per heavy atom. The Labute approximate surface area is 148 Å². The van der Waals surface area contributed by atoms with Crippen LogP contribution in [0.5, 0.6) is 0 Å². The molecule has 0 aliphatic heterocycles. The summed E-state index contributed by atoms with van der Waals surface area (Å²) in [5.41, 5.74) is 2.55. The van der Waals surface area contributed by atoms with Gasteiger partial charge in [-0.2, -0.15) is 0 Å². The van der Waals surface area contributed by atoms with Crippen molar-refractivity contribution in [3.63, 3.8) is 0 Å². The Bertz CT molecular complexity index is 454. The van der Waals surface area contributed by atoms with Crippen LogP contribution in [0.25, 0.3) is 11.1 Å². The van der Waals surface area contributed by atoms with Crippen LogP contribution in [0.2, 0.25) is 0 Å². The van der Waals surface area contributed by atoms with Crippen molar-refractivity contribution in [2.24, 2.45) is 5.92 Å². The van der Waals surface area contributed by atoms with Gasteiger partial charge in [-0.05, 0) is 31.4 Å². The molecule has 2 aromatic carbocycles. The fourth-order valence-corrected chi connectivity index (χ4v) is 1.55. The first-order valence-electron chi connectivity index (χ1n) is 8.78. The molecule has 1 atom stereocenters. The minimum Gasteiger partial charge on any atom is -0.397 e. The Balaban J connectivity index is 0. The van der Waals surface area contributed by atoms with Gasteiger partial charge in [0.1, 0.15) is 5.78 Å². The van der Waals surface area contributed by atoms with Crippen LogP contribution in [0, 0.1) is 5.92 Å². The number of aliphatic hydroxyl groups excluding tert-OH is 1. The average Bonchev–Trinajstić information content (AvgIpc) is 2.65. The van der Waals surface area contributed by atoms with E-state index in [1.54, 1.807) is 13.8 Å². The fraction of sp³-hybridized carbons (Fsp3) is 0.409. The number of hydrogen-bond donors (Lipinski definition) is 1. The Morgan fingerprint density at radius 3 is 1.33 bits per heavy atom. The van der Waals surface area contributed by atoms with Crippen LogP contribution in [0.4, 0.5) is 0 Å². The zero-order chi connectivity index (χ0) is 18.8. The van der Waals surface area contributed by atoms with Crippen molar-refractivity contribution in [2.75, 3.05) is 6.61 Å². The summed E-state index contributed by atoms with van der Waals surface area (Å²) in [4.78, 5) is 10.4. The van der Waals surface area contributed by atoms with Gasteiger partial charge in [0.25, 0.3) is 0 Å². The lowest BCUT2D eigenvalue weighted by atomic mass is 10.1. The van der Waals surface area contributed by atoms with Gasteiger partial charge in [0, 0.05) is 12.5 Å². The van der Waals surface area contributed by atoms with Crippen LogP contribution >= 0.6 is 0 Å². The van der Waals surface area contributed by atoms with Crippen molar-refractivity contribution in [3.8, 4) is 11.1 Å². The van der Waals surface area contributed by atoms with E-state index in [2.05, 4.69) is 48.5 Å². The van der Waals surface area contributed by atoms with Crippen molar-refractivity contribution in [1.29, 1.82) is 0 Å². The SMILES string of the molecule is CC.CCC(C)C(C)=O.CCO.c1ccc(-c2ccccc2)cc1. The van der Waals surface area contributed by atoms with E-state index in [1.165, 1.54) is 11.1 Å². The summed E-state index contributed by atoms with van der Waals surface area (Å²) < 4.78 is 0. The van der Waals surface area contributed by atoms with Crippen LogP contribution in [0.3, 0.4) is 0 Å². The van der Waals surface area contributed by atoms with E-state index in [9.17, 15) is 4.79 Å². The van der Waals surface area contributed by atoms with E-state index >= 15 is 0 Å². The van der Waals surface area contributed by atoms with E-state index in [-0.39, 0.29) is 12.5 Å². The van der Waals surface area contributed by atoms with Crippen LogP contribution in [-0.4, -0.2) is 17.5 Å². The lowest BCUT2D eigenvalue weighted by Crippen LogP contribution is -2.03. The maximum absolute atomic E-state index is 10.4. The van der Waals surface area contributed by atoms with Crippen molar-refractivity contribution < 1.29 is 9.90 Å². The first kappa shape index (κ1) is 24.3. The first-order chi connectivity index (χ1) is 11.6. The Kier molecular flexibility index (Phi) is 17.7. The summed E-state index contributed by atoms with van der Waals surface area (Å²) in [6.45, 7) is 11.5. The lowest BCUT2D eigenvalue weighted by Gasteiger charge is -1.98. The van der Waals surface area contributed by atoms with Crippen molar-refractivity contribution in [1.82, 2.24) is 0 Å². The number of ketones is 1. The second-order valence-corrected chi connectivity index (χ2v) is 4.97. The number of Topliss-reactive ketones (excluding diaryl/α,β-unsaturated/α-hetero) is 1. The second-order valence-electron chi connectivity index (χ2n) is 4.97. The molecule has 0 bridgehead atoms. The molecule has 2 heteroatoms. The van der Waals surface area contributed by atoms with Gasteiger partial charge in [0.2, 0.25) is 0 Å². The van der Waals surface area contributed by atoms with E-state index in [1.807, 2.05) is 39.8 Å². The number of benzene rings is 2. The molecule has 2 nitrogen and oxygen atoms in total. The molecule has 24 heavy (non-hydrogen) atoms. The molecule has 0 aliphatic rings. The molecule has 1 unspecified atom stereocenters. The van der Waals surface area contributed by atoms with E-state index < -0.39 is 0 Å². The van der Waals surface area contributed by atoms with Gasteiger partial charge >= 0.3 is 0 Å². The third-order valence-corrected chi connectivity index (χ3v) is 3.19. The third kappa shape index (κ3) is 12.6. The molecule has 2 aromatic rings. The van der Waals surface area contributed by atoms with Gasteiger partial charge < -0.3 is 5.11 Å². The van der Waals surface area contributed by atoms with Gasteiger partial charge in [-0.25, -0.2) is 0 Å². The molecule has 0 amide bonds. The molecule has 0 aliphatic carbocycles. The minimum atomic E-state index is 0.250. The quantitative estimate of drug-likeness (QED) is 0.749. The minimum absolute atomic E-state index is 0.250. The zero-order valence-electron chi connectivity index (χ0n) is 16.1. The molecule has 0 saturated carbocycles. The number of rotatable bonds is 3. The molecule has 0 radical (unpaired) electrons. The Morgan fingerprint density at radius 1 is 0.875 bits per heavy atom. The zero-order valence-corrected chi connectivity index (χ0v) is 16.1. The smallest absolute Gasteiger partial charge is 0.132 e. The summed E-state index contributed by atoms with van der Waals surface area (Å²) in [6, 6.07) is 20.8. The maximum Gasteiger partial charge on any atom is 0.132 e. The summed E-state index contributed by atoms with van der Waals surface area (Å²) in [6.07, 6.45) is 0.968. The highest BCUT2D eigenvalue weighted by Gasteiger charge is 2.01. The molecule has 0 fully saturated rings. The van der Waals surface area contributed by atoms with Gasteiger partial charge in [0.05, 0.1) is 0 Å². The second kappa shape index (κ2) is 17.4. The molecule has 0 aromatic heterocycles. The fourth-order valence-electron chi connectivity index (χ4n) is 1.55. The van der Waals surface area contributed by atoms with Crippen LogP contribution < -0.4 is 0 Å². The number of carbonyl (C=O) groups excluding carboxylic acids is 1. The highest BCUT2D eigenvalue weighted by molar-refractivity contribution is 5.77. The molecule has 0 spiro atoms. The molecule has 0 saturated heterocycles. The first-order valence-corrected chi connectivity index (χ1v) is 8.78. The third-order valence-electron chi connectivity index (χ3n) is 3.19. The number of hydrogen-bond acceptors (Lipinski definition) is 2. The normalized spacial score (nSPS) is 9.79. The van der Waals surface area contributed by atoms with Gasteiger partial charge in [0.15, 0.2) is 0 Å². The highest BCUT2D eigenvalue weighted by Crippen LogP contribution is 2.17. The highest BCUT2D eigenvalue weighted by atomic mass is 16.2. The summed E-state index contributed by atoms with van der Waals surface area (Å²) >= 11 is 0.